The Hall–Kier alpha value is -2.33. The van der Waals surface area contributed by atoms with Crippen molar-refractivity contribution in [3.8, 4) is 5.75 Å². The predicted octanol–water partition coefficient (Wildman–Crippen LogP) is 4.29. The van der Waals surface area contributed by atoms with E-state index in [0.717, 1.165) is 27.8 Å². The molecule has 3 rings (SSSR count). The van der Waals surface area contributed by atoms with Crippen LogP contribution >= 0.6 is 34.4 Å². The molecule has 1 aliphatic heterocycles. The van der Waals surface area contributed by atoms with Gasteiger partial charge in [0, 0.05) is 5.69 Å². The third kappa shape index (κ3) is 4.56. The highest BCUT2D eigenvalue weighted by Gasteiger charge is 2.36. The highest BCUT2D eigenvalue weighted by atomic mass is 127. The summed E-state index contributed by atoms with van der Waals surface area (Å²) in [6, 6.07) is 10.5. The molecule has 0 atom stereocenters. The number of anilines is 1. The van der Waals surface area contributed by atoms with Gasteiger partial charge in [0.1, 0.15) is 12.3 Å². The van der Waals surface area contributed by atoms with Crippen LogP contribution in [0.3, 0.4) is 0 Å². The number of imide groups is 1. The molecule has 0 aliphatic carbocycles. The smallest absolute Gasteiger partial charge is 0.294 e. The summed E-state index contributed by atoms with van der Waals surface area (Å²) in [5, 5.41) is 11.8. The Kier molecular flexibility index (Phi) is 6.09. The highest BCUT2D eigenvalue weighted by molar-refractivity contribution is 14.1. The van der Waals surface area contributed by atoms with Gasteiger partial charge in [0.25, 0.3) is 11.1 Å². The van der Waals surface area contributed by atoms with E-state index in [2.05, 4.69) is 5.32 Å². The van der Waals surface area contributed by atoms with Crippen molar-refractivity contribution >= 4 is 63.2 Å². The molecule has 2 N–H and O–H groups in total. The van der Waals surface area contributed by atoms with E-state index >= 15 is 0 Å². The maximum absolute atomic E-state index is 12.6. The van der Waals surface area contributed by atoms with Crippen molar-refractivity contribution in [2.45, 2.75) is 13.8 Å². The van der Waals surface area contributed by atoms with Gasteiger partial charge in [-0.1, -0.05) is 23.8 Å². The van der Waals surface area contributed by atoms with Gasteiger partial charge in [-0.3, -0.25) is 19.3 Å². The quantitative estimate of drug-likeness (QED) is 0.476. The Bertz CT molecular complexity index is 1020. The third-order valence-electron chi connectivity index (χ3n) is 4.10. The molecule has 2 aromatic carbocycles. The number of halogens is 1. The van der Waals surface area contributed by atoms with Crippen molar-refractivity contribution in [2.24, 2.45) is 0 Å². The number of benzene rings is 2. The summed E-state index contributed by atoms with van der Waals surface area (Å²) < 4.78 is 0.637. The number of phenolic OH excluding ortho intramolecular Hbond substituents is 1. The highest BCUT2D eigenvalue weighted by Crippen LogP contribution is 2.33. The van der Waals surface area contributed by atoms with E-state index in [1.165, 1.54) is 6.07 Å². The van der Waals surface area contributed by atoms with E-state index in [-0.39, 0.29) is 17.2 Å². The summed E-state index contributed by atoms with van der Waals surface area (Å²) in [6.07, 6.45) is 1.58. The number of hydrogen-bond acceptors (Lipinski definition) is 5. The molecule has 1 saturated heterocycles. The van der Waals surface area contributed by atoms with Crippen LogP contribution in [-0.4, -0.2) is 33.6 Å². The molecule has 1 aliphatic rings. The number of aromatic hydroxyl groups is 1. The lowest BCUT2D eigenvalue weighted by atomic mass is 10.1. The molecule has 28 heavy (non-hydrogen) atoms. The average molecular weight is 508 g/mol. The Morgan fingerprint density at radius 1 is 1.21 bits per heavy atom. The van der Waals surface area contributed by atoms with E-state index in [9.17, 15) is 19.5 Å². The molecule has 1 heterocycles. The standard InChI is InChI=1S/C20H17IN2O4S/c1-11-3-5-15(12(2)7-11)22-18(25)10-23-19(26)17(28-20(23)27)9-13-4-6-16(24)14(21)8-13/h3-9,24H,10H2,1-2H3,(H,22,25)/b17-9-. The molecule has 3 amide bonds. The molecule has 0 unspecified atom stereocenters. The van der Waals surface area contributed by atoms with Gasteiger partial charge in [0.05, 0.1) is 8.48 Å². The average Bonchev–Trinajstić information content (AvgIpc) is 2.88. The van der Waals surface area contributed by atoms with Crippen molar-refractivity contribution < 1.29 is 19.5 Å². The minimum absolute atomic E-state index is 0.147. The first kappa shape index (κ1) is 20.4. The van der Waals surface area contributed by atoms with Crippen molar-refractivity contribution in [2.75, 3.05) is 11.9 Å². The van der Waals surface area contributed by atoms with Crippen LogP contribution < -0.4 is 5.32 Å². The second-order valence-corrected chi connectivity index (χ2v) is 8.50. The SMILES string of the molecule is Cc1ccc(NC(=O)CN2C(=O)S/C(=C\c3ccc(O)c(I)c3)C2=O)c(C)c1. The summed E-state index contributed by atoms with van der Waals surface area (Å²) >= 11 is 2.77. The van der Waals surface area contributed by atoms with Crippen LogP contribution in [0.5, 0.6) is 5.75 Å². The van der Waals surface area contributed by atoms with Gasteiger partial charge < -0.3 is 10.4 Å². The molecule has 8 heteroatoms. The van der Waals surface area contributed by atoms with Gasteiger partial charge >= 0.3 is 0 Å². The Morgan fingerprint density at radius 2 is 1.96 bits per heavy atom. The fourth-order valence-electron chi connectivity index (χ4n) is 2.69. The summed E-state index contributed by atoms with van der Waals surface area (Å²) in [7, 11) is 0. The molecule has 0 spiro atoms. The van der Waals surface area contributed by atoms with Crippen LogP contribution in [0.1, 0.15) is 16.7 Å². The van der Waals surface area contributed by atoms with Gasteiger partial charge in [-0.25, -0.2) is 0 Å². The topological polar surface area (TPSA) is 86.7 Å². The number of nitrogens with one attached hydrogen (secondary N) is 1. The fourth-order valence-corrected chi connectivity index (χ4v) is 4.07. The molecule has 0 bridgehead atoms. The predicted molar refractivity (Wildman–Crippen MR) is 118 cm³/mol. The molecule has 0 radical (unpaired) electrons. The van der Waals surface area contributed by atoms with Crippen LogP contribution in [0.4, 0.5) is 10.5 Å². The summed E-state index contributed by atoms with van der Waals surface area (Å²) in [5.41, 5.74) is 3.32. The fraction of sp³-hybridized carbons (Fsp3) is 0.150. The van der Waals surface area contributed by atoms with E-state index < -0.39 is 17.1 Å². The van der Waals surface area contributed by atoms with Crippen LogP contribution in [0, 0.1) is 17.4 Å². The molecular weight excluding hydrogens is 491 g/mol. The second-order valence-electron chi connectivity index (χ2n) is 6.35. The molecule has 0 saturated carbocycles. The molecule has 2 aromatic rings. The number of thioether (sulfide) groups is 1. The Balaban J connectivity index is 1.71. The van der Waals surface area contributed by atoms with Gasteiger partial charge in [0.15, 0.2) is 0 Å². The maximum Gasteiger partial charge on any atom is 0.294 e. The Labute approximate surface area is 180 Å². The number of carbonyl (C=O) groups excluding carboxylic acids is 3. The van der Waals surface area contributed by atoms with Gasteiger partial charge in [-0.2, -0.15) is 0 Å². The second kappa shape index (κ2) is 8.36. The first-order chi connectivity index (χ1) is 13.2. The Morgan fingerprint density at radius 3 is 2.64 bits per heavy atom. The van der Waals surface area contributed by atoms with Crippen molar-refractivity contribution in [3.05, 3.63) is 61.6 Å². The van der Waals surface area contributed by atoms with Gasteiger partial charge in [-0.05, 0) is 83.6 Å². The van der Waals surface area contributed by atoms with Crippen LogP contribution in [0.2, 0.25) is 0 Å². The van der Waals surface area contributed by atoms with Crippen molar-refractivity contribution in [3.63, 3.8) is 0 Å². The number of rotatable bonds is 4. The first-order valence-corrected chi connectivity index (χ1v) is 10.2. The molecular formula is C20H17IN2O4S. The summed E-state index contributed by atoms with van der Waals surface area (Å²) in [5.74, 6) is -0.794. The lowest BCUT2D eigenvalue weighted by Gasteiger charge is -2.14. The van der Waals surface area contributed by atoms with Gasteiger partial charge in [-0.15, -0.1) is 0 Å². The lowest BCUT2D eigenvalue weighted by Crippen LogP contribution is -2.36. The maximum atomic E-state index is 12.6. The largest absolute Gasteiger partial charge is 0.507 e. The lowest BCUT2D eigenvalue weighted by molar-refractivity contribution is -0.127. The van der Waals surface area contributed by atoms with E-state index in [1.807, 2.05) is 48.6 Å². The van der Waals surface area contributed by atoms with Crippen molar-refractivity contribution in [1.82, 2.24) is 4.90 Å². The third-order valence-corrected chi connectivity index (χ3v) is 5.87. The summed E-state index contributed by atoms with van der Waals surface area (Å²) in [6.45, 7) is 3.49. The van der Waals surface area contributed by atoms with Crippen LogP contribution in [0.25, 0.3) is 6.08 Å². The number of carbonyl (C=O) groups is 3. The zero-order valence-corrected chi connectivity index (χ0v) is 18.1. The minimum Gasteiger partial charge on any atom is -0.507 e. The number of aryl methyl sites for hydroxylation is 2. The molecule has 0 aromatic heterocycles. The molecule has 1 fully saturated rings. The van der Waals surface area contributed by atoms with Gasteiger partial charge in [0.2, 0.25) is 5.91 Å². The number of phenols is 1. The summed E-state index contributed by atoms with van der Waals surface area (Å²) in [4.78, 5) is 38.3. The van der Waals surface area contributed by atoms with Crippen LogP contribution in [-0.2, 0) is 9.59 Å². The minimum atomic E-state index is -0.506. The molecule has 144 valence electrons. The van der Waals surface area contributed by atoms with Crippen molar-refractivity contribution in [1.29, 1.82) is 0 Å². The number of hydrogen-bond donors (Lipinski definition) is 2. The molecule has 6 nitrogen and oxygen atoms in total. The monoisotopic (exact) mass is 508 g/mol. The number of nitrogens with zero attached hydrogens (tertiary/aromatic N) is 1. The zero-order valence-electron chi connectivity index (χ0n) is 15.2. The van der Waals surface area contributed by atoms with E-state index in [4.69, 9.17) is 0 Å². The van der Waals surface area contributed by atoms with E-state index in [1.54, 1.807) is 24.3 Å². The first-order valence-electron chi connectivity index (χ1n) is 8.35. The normalized spacial score (nSPS) is 15.4. The zero-order chi connectivity index (χ0) is 20.4. The number of amides is 3. The van der Waals surface area contributed by atoms with E-state index in [0.29, 0.717) is 14.8 Å². The van der Waals surface area contributed by atoms with Crippen LogP contribution in [0.15, 0.2) is 41.3 Å².